The molecule has 7 nitrogen and oxygen atoms in total. The van der Waals surface area contributed by atoms with Gasteiger partial charge in [0.1, 0.15) is 0 Å². The Bertz CT molecular complexity index is 1460. The van der Waals surface area contributed by atoms with Crippen LogP contribution in [0.2, 0.25) is 0 Å². The van der Waals surface area contributed by atoms with E-state index in [-0.39, 0.29) is 30.3 Å². The number of fused-ring (bicyclic) bond motifs is 3. The fraction of sp³-hybridized carbons (Fsp3) is 0.292. The van der Waals surface area contributed by atoms with Crippen molar-refractivity contribution in [1.82, 2.24) is 20.4 Å². The molecule has 194 valence electrons. The Labute approximate surface area is 204 Å². The van der Waals surface area contributed by atoms with Crippen LogP contribution in [-0.4, -0.2) is 34.7 Å². The molecule has 0 radical (unpaired) electrons. The summed E-state index contributed by atoms with van der Waals surface area (Å²) in [6, 6.07) is 5.99. The number of carbonyl (C=O) groups is 1. The second-order valence-electron chi connectivity index (χ2n) is 8.53. The first-order valence-corrected chi connectivity index (χ1v) is 11.0. The maximum Gasteiger partial charge on any atom is 0.416 e. The van der Waals surface area contributed by atoms with Crippen molar-refractivity contribution in [3.8, 4) is 22.8 Å². The van der Waals surface area contributed by atoms with E-state index in [1.165, 1.54) is 7.11 Å². The fourth-order valence-electron chi connectivity index (χ4n) is 4.41. The molecule has 1 aliphatic heterocycles. The highest BCUT2D eigenvalue weighted by Gasteiger charge is 2.37. The predicted octanol–water partition coefficient (Wildman–Crippen LogP) is 5.67. The molecule has 2 aromatic carbocycles. The van der Waals surface area contributed by atoms with Gasteiger partial charge in [-0.3, -0.25) is 4.79 Å². The molecule has 0 spiro atoms. The molecule has 1 atom stereocenters. The number of ether oxygens (including phenoxy) is 1. The lowest BCUT2D eigenvalue weighted by atomic mass is 9.97. The average molecular weight is 524 g/mol. The standard InChI is InChI=1S/C24H18F6N4O3/c1-36-19(35)10-18-20-15(4-5-31-18)16-8-11(2-3-17(16)32-20)21-33-22(37-34-21)12-6-13(23(25,26)27)9-14(7-12)24(28,29)30/h2-3,6-9,18,31-32H,4-5,10H2,1H3. The Morgan fingerprint density at radius 3 is 2.41 bits per heavy atom. The second-order valence-corrected chi connectivity index (χ2v) is 8.53. The normalized spacial score (nSPS) is 16.1. The quantitative estimate of drug-likeness (QED) is 0.264. The third-order valence-electron chi connectivity index (χ3n) is 6.17. The van der Waals surface area contributed by atoms with Gasteiger partial charge in [0.25, 0.3) is 5.89 Å². The van der Waals surface area contributed by atoms with Crippen LogP contribution in [-0.2, 0) is 28.3 Å². The van der Waals surface area contributed by atoms with Crippen molar-refractivity contribution in [3.63, 3.8) is 0 Å². The predicted molar refractivity (Wildman–Crippen MR) is 118 cm³/mol. The van der Waals surface area contributed by atoms with Crippen molar-refractivity contribution in [2.24, 2.45) is 0 Å². The molecule has 13 heteroatoms. The summed E-state index contributed by atoms with van der Waals surface area (Å²) in [4.78, 5) is 19.2. The van der Waals surface area contributed by atoms with E-state index < -0.39 is 34.9 Å². The lowest BCUT2D eigenvalue weighted by Gasteiger charge is -2.23. The van der Waals surface area contributed by atoms with Gasteiger partial charge >= 0.3 is 18.3 Å². The third kappa shape index (κ3) is 4.78. The minimum Gasteiger partial charge on any atom is -0.469 e. The smallest absolute Gasteiger partial charge is 0.416 e. The van der Waals surface area contributed by atoms with E-state index in [0.29, 0.717) is 30.7 Å². The van der Waals surface area contributed by atoms with E-state index in [4.69, 9.17) is 9.26 Å². The molecule has 0 fully saturated rings. The Morgan fingerprint density at radius 1 is 1.05 bits per heavy atom. The molecule has 4 aromatic rings. The van der Waals surface area contributed by atoms with E-state index >= 15 is 0 Å². The fourth-order valence-corrected chi connectivity index (χ4v) is 4.41. The number of alkyl halides is 6. The van der Waals surface area contributed by atoms with Gasteiger partial charge in [-0.1, -0.05) is 5.16 Å². The Balaban J connectivity index is 1.52. The van der Waals surface area contributed by atoms with Crippen LogP contribution in [0.5, 0.6) is 0 Å². The number of benzene rings is 2. The molecule has 0 saturated carbocycles. The van der Waals surface area contributed by atoms with E-state index in [0.717, 1.165) is 22.2 Å². The molecule has 2 N–H and O–H groups in total. The minimum absolute atomic E-state index is 0.00198. The van der Waals surface area contributed by atoms with Gasteiger partial charge in [-0.15, -0.1) is 0 Å². The number of H-pyrrole nitrogens is 1. The number of hydrogen-bond acceptors (Lipinski definition) is 6. The summed E-state index contributed by atoms with van der Waals surface area (Å²) in [6.45, 7) is 0.620. The summed E-state index contributed by atoms with van der Waals surface area (Å²) in [5.41, 5.74) is -0.417. The van der Waals surface area contributed by atoms with E-state index in [2.05, 4.69) is 20.4 Å². The summed E-state index contributed by atoms with van der Waals surface area (Å²) < 4.78 is 89.2. The van der Waals surface area contributed by atoms with Crippen molar-refractivity contribution in [3.05, 3.63) is 58.8 Å². The van der Waals surface area contributed by atoms with Crippen molar-refractivity contribution in [2.45, 2.75) is 31.2 Å². The van der Waals surface area contributed by atoms with Crippen molar-refractivity contribution < 1.29 is 40.4 Å². The third-order valence-corrected chi connectivity index (χ3v) is 6.17. The summed E-state index contributed by atoms with van der Waals surface area (Å²) in [5, 5.41) is 7.88. The first-order valence-electron chi connectivity index (χ1n) is 11.0. The Hall–Kier alpha value is -3.87. The molecule has 0 saturated heterocycles. The summed E-state index contributed by atoms with van der Waals surface area (Å²) in [6.07, 6.45) is -9.21. The van der Waals surface area contributed by atoms with Gasteiger partial charge in [-0.2, -0.15) is 31.3 Å². The molecule has 1 aliphatic rings. The molecule has 0 bridgehead atoms. The molecular weight excluding hydrogens is 506 g/mol. The van der Waals surface area contributed by atoms with Crippen LogP contribution < -0.4 is 5.32 Å². The number of esters is 1. The summed E-state index contributed by atoms with van der Waals surface area (Å²) in [7, 11) is 1.31. The van der Waals surface area contributed by atoms with Crippen LogP contribution in [0.1, 0.15) is 34.8 Å². The lowest BCUT2D eigenvalue weighted by molar-refractivity contribution is -0.143. The van der Waals surface area contributed by atoms with Crippen molar-refractivity contribution in [1.29, 1.82) is 0 Å². The second kappa shape index (κ2) is 8.91. The number of carbonyl (C=O) groups excluding carboxylic acids is 1. The number of nitrogens with one attached hydrogen (secondary N) is 2. The molecule has 2 aromatic heterocycles. The first kappa shape index (κ1) is 24.8. The number of hydrogen-bond donors (Lipinski definition) is 2. The highest BCUT2D eigenvalue weighted by Crippen LogP contribution is 2.39. The van der Waals surface area contributed by atoms with Gasteiger partial charge in [0.05, 0.1) is 30.7 Å². The van der Waals surface area contributed by atoms with Gasteiger partial charge < -0.3 is 19.6 Å². The van der Waals surface area contributed by atoms with Crippen LogP contribution in [0.3, 0.4) is 0 Å². The number of nitrogens with zero attached hydrogens (tertiary/aromatic N) is 2. The van der Waals surface area contributed by atoms with Gasteiger partial charge in [-0.25, -0.2) is 0 Å². The van der Waals surface area contributed by atoms with Gasteiger partial charge in [0.15, 0.2) is 0 Å². The molecule has 3 heterocycles. The van der Waals surface area contributed by atoms with E-state index in [1.807, 2.05) is 0 Å². The largest absolute Gasteiger partial charge is 0.469 e. The molecule has 5 rings (SSSR count). The first-order chi connectivity index (χ1) is 17.4. The van der Waals surface area contributed by atoms with E-state index in [9.17, 15) is 31.1 Å². The number of aromatic nitrogens is 3. The maximum absolute atomic E-state index is 13.2. The highest BCUT2D eigenvalue weighted by atomic mass is 19.4. The van der Waals surface area contributed by atoms with Crippen LogP contribution in [0.15, 0.2) is 40.9 Å². The van der Waals surface area contributed by atoms with Crippen LogP contribution in [0.25, 0.3) is 33.7 Å². The SMILES string of the molecule is COC(=O)CC1NCCc2c1[nH]c1ccc(-c3noc(-c4cc(C(F)(F)F)cc(C(F)(F)F)c4)n3)cc21. The Kier molecular flexibility index (Phi) is 5.97. The van der Waals surface area contributed by atoms with Crippen LogP contribution in [0, 0.1) is 0 Å². The zero-order valence-electron chi connectivity index (χ0n) is 19.0. The van der Waals surface area contributed by atoms with Gasteiger partial charge in [0, 0.05) is 27.7 Å². The van der Waals surface area contributed by atoms with Crippen molar-refractivity contribution >= 4 is 16.9 Å². The molecule has 0 aliphatic carbocycles. The van der Waals surface area contributed by atoms with Crippen molar-refractivity contribution in [2.75, 3.05) is 13.7 Å². The maximum atomic E-state index is 13.2. The monoisotopic (exact) mass is 524 g/mol. The number of aromatic amines is 1. The lowest BCUT2D eigenvalue weighted by Crippen LogP contribution is -2.31. The Morgan fingerprint density at radius 2 is 1.76 bits per heavy atom. The summed E-state index contributed by atoms with van der Waals surface area (Å²) >= 11 is 0. The topological polar surface area (TPSA) is 93.0 Å². The van der Waals surface area contributed by atoms with Gasteiger partial charge in [0.2, 0.25) is 5.82 Å². The average Bonchev–Trinajstić information content (AvgIpc) is 3.48. The van der Waals surface area contributed by atoms with E-state index in [1.54, 1.807) is 18.2 Å². The van der Waals surface area contributed by atoms with Crippen LogP contribution >= 0.6 is 0 Å². The van der Waals surface area contributed by atoms with Crippen LogP contribution in [0.4, 0.5) is 26.3 Å². The number of rotatable bonds is 4. The molecule has 1 unspecified atom stereocenters. The minimum atomic E-state index is -5.00. The zero-order valence-corrected chi connectivity index (χ0v) is 19.0. The van der Waals surface area contributed by atoms with Gasteiger partial charge in [-0.05, 0) is 54.9 Å². The number of halogens is 6. The number of methoxy groups -OCH3 is 1. The zero-order chi connectivity index (χ0) is 26.5. The highest BCUT2D eigenvalue weighted by molar-refractivity contribution is 5.89. The molecular formula is C24H18F6N4O3. The molecule has 37 heavy (non-hydrogen) atoms. The molecule has 0 amide bonds. The summed E-state index contributed by atoms with van der Waals surface area (Å²) in [5.74, 6) is -0.852.